The van der Waals surface area contributed by atoms with Gasteiger partial charge in [-0.25, -0.2) is 17.9 Å². The first kappa shape index (κ1) is 33.6. The van der Waals surface area contributed by atoms with Crippen LogP contribution in [0.25, 0.3) is 0 Å². The van der Waals surface area contributed by atoms with Gasteiger partial charge in [-0.05, 0) is 106 Å². The van der Waals surface area contributed by atoms with Gasteiger partial charge in [0.05, 0.1) is 35.4 Å². The quantitative estimate of drug-likeness (QED) is 0.423. The number of benzene rings is 2. The molecule has 1 saturated carbocycles. The topological polar surface area (TPSA) is 117 Å². The summed E-state index contributed by atoms with van der Waals surface area (Å²) >= 11 is 6.43. The maximum absolute atomic E-state index is 13.6. The summed E-state index contributed by atoms with van der Waals surface area (Å²) in [6, 6.07) is 10.7. The summed E-state index contributed by atoms with van der Waals surface area (Å²) in [7, 11) is -2.41. The van der Waals surface area contributed by atoms with E-state index in [4.69, 9.17) is 21.1 Å². The predicted octanol–water partition coefficient (Wildman–Crippen LogP) is 5.04. The van der Waals surface area contributed by atoms with E-state index >= 15 is 0 Å². The summed E-state index contributed by atoms with van der Waals surface area (Å²) in [6.07, 6.45) is 8.29. The zero-order chi connectivity index (χ0) is 33.6. The molecule has 1 spiro atoms. The van der Waals surface area contributed by atoms with Gasteiger partial charge >= 0.3 is 6.09 Å². The number of ether oxygens (including phenoxy) is 2. The molecule has 2 amide bonds. The molecule has 2 heterocycles. The minimum absolute atomic E-state index is 0.00199. The average Bonchev–Trinajstić information content (AvgIpc) is 3.16. The second-order valence-corrected chi connectivity index (χ2v) is 16.0. The van der Waals surface area contributed by atoms with Gasteiger partial charge in [-0.15, -0.1) is 0 Å². The van der Waals surface area contributed by atoms with Gasteiger partial charge in [-0.2, -0.15) is 0 Å². The number of hydrogen-bond donors (Lipinski definition) is 2. The molecule has 12 heteroatoms. The predicted molar refractivity (Wildman–Crippen MR) is 182 cm³/mol. The lowest BCUT2D eigenvalue weighted by atomic mass is 9.67. The van der Waals surface area contributed by atoms with Gasteiger partial charge in [0.2, 0.25) is 0 Å². The highest BCUT2D eigenvalue weighted by atomic mass is 35.5. The van der Waals surface area contributed by atoms with Crippen LogP contribution in [0, 0.1) is 11.8 Å². The highest BCUT2D eigenvalue weighted by Gasteiger charge is 2.45. The number of rotatable bonds is 2. The molecule has 2 N–H and O–H groups in total. The molecule has 0 aromatic heterocycles. The maximum atomic E-state index is 13.6. The summed E-state index contributed by atoms with van der Waals surface area (Å²) in [5.41, 5.74) is 1.59. The molecule has 2 aliphatic heterocycles. The van der Waals surface area contributed by atoms with Crippen molar-refractivity contribution in [3.8, 4) is 5.75 Å². The van der Waals surface area contributed by atoms with E-state index in [1.165, 1.54) is 17.2 Å². The van der Waals surface area contributed by atoms with Gasteiger partial charge < -0.3 is 24.6 Å². The number of likely N-dealkylation sites (N-methyl/N-ethyl adjacent to an activating group) is 1. The number of carbonyl (C=O) groups excluding carboxylic acids is 2. The molecule has 6 rings (SSSR count). The summed E-state index contributed by atoms with van der Waals surface area (Å²) < 4.78 is 41.5. The van der Waals surface area contributed by atoms with Crippen molar-refractivity contribution < 1.29 is 27.5 Å². The fourth-order valence-electron chi connectivity index (χ4n) is 7.63. The molecule has 2 aliphatic carbocycles. The lowest BCUT2D eigenvalue weighted by Gasteiger charge is -2.47. The van der Waals surface area contributed by atoms with Crippen LogP contribution < -0.4 is 19.7 Å². The van der Waals surface area contributed by atoms with Crippen molar-refractivity contribution in [1.29, 1.82) is 0 Å². The fourth-order valence-corrected chi connectivity index (χ4v) is 8.96. The molecule has 2 aromatic rings. The first-order valence-electron chi connectivity index (χ1n) is 16.5. The van der Waals surface area contributed by atoms with Crippen molar-refractivity contribution >= 4 is 39.3 Å². The Kier molecular flexibility index (Phi) is 9.28. The number of aryl methyl sites for hydroxylation is 1. The van der Waals surface area contributed by atoms with Crippen molar-refractivity contribution in [3.63, 3.8) is 0 Å². The van der Waals surface area contributed by atoms with Crippen molar-refractivity contribution in [2.45, 2.75) is 74.8 Å². The van der Waals surface area contributed by atoms with Crippen LogP contribution in [-0.2, 0) is 31.4 Å². The van der Waals surface area contributed by atoms with Crippen molar-refractivity contribution in [1.82, 2.24) is 14.9 Å². The van der Waals surface area contributed by atoms with Gasteiger partial charge in [-0.1, -0.05) is 29.8 Å². The van der Waals surface area contributed by atoms with E-state index in [2.05, 4.69) is 27.1 Å². The van der Waals surface area contributed by atoms with Gasteiger partial charge in [0, 0.05) is 37.1 Å². The lowest BCUT2D eigenvalue weighted by molar-refractivity contribution is -0.124. The Labute approximate surface area is 282 Å². The second kappa shape index (κ2) is 13.0. The third-order valence-electron chi connectivity index (χ3n) is 10.5. The Bertz CT molecular complexity index is 1680. The average molecular weight is 685 g/mol. The number of amides is 2. The van der Waals surface area contributed by atoms with E-state index in [0.29, 0.717) is 42.7 Å². The Morgan fingerprint density at radius 3 is 2.74 bits per heavy atom. The van der Waals surface area contributed by atoms with E-state index in [1.54, 1.807) is 44.9 Å². The molecule has 0 saturated heterocycles. The molecule has 1 fully saturated rings. The monoisotopic (exact) mass is 684 g/mol. The van der Waals surface area contributed by atoms with Gasteiger partial charge in [-0.3, -0.25) is 4.79 Å². The number of nitrogens with one attached hydrogen (secondary N) is 2. The van der Waals surface area contributed by atoms with Crippen LogP contribution >= 0.6 is 11.6 Å². The van der Waals surface area contributed by atoms with Crippen LogP contribution in [0.4, 0.5) is 10.5 Å². The Morgan fingerprint density at radius 2 is 2.00 bits per heavy atom. The molecule has 2 aromatic carbocycles. The fraction of sp³-hybridized carbons (Fsp3) is 0.543. The standard InChI is InChI=1S/C35H45ClN4O6S/c1-5-45-33(42)39(4)29-9-7-17-37-34(2,3)32(41)38-47(43,44)26-12-15-31-30(19-26)40(20-24-10-13-27(24)29)21-35(22-46-31)16-6-8-23-18-25(36)11-14-28(23)35/h7,9,11-12,14-15,18-19,24,27,29,37H,5-6,8,10,13,16-17,20-22H2,1-4H3,(H,38,41)/b9-7+/t24-,27+,29+,35-/m0/s1. The number of carbonyl (C=O) groups is 2. The van der Waals surface area contributed by atoms with Crippen molar-refractivity contribution in [3.05, 3.63) is 64.7 Å². The number of sulfonamides is 1. The molecule has 0 radical (unpaired) electrons. The largest absolute Gasteiger partial charge is 0.490 e. The summed E-state index contributed by atoms with van der Waals surface area (Å²) in [5.74, 6) is 0.303. The maximum Gasteiger partial charge on any atom is 0.409 e. The van der Waals surface area contributed by atoms with E-state index < -0.39 is 21.5 Å². The Balaban J connectivity index is 1.45. The zero-order valence-corrected chi connectivity index (χ0v) is 29.1. The molecule has 254 valence electrons. The summed E-state index contributed by atoms with van der Waals surface area (Å²) in [6.45, 7) is 7.37. The van der Waals surface area contributed by atoms with E-state index in [-0.39, 0.29) is 40.9 Å². The molecule has 4 atom stereocenters. The van der Waals surface area contributed by atoms with Crippen LogP contribution in [-0.4, -0.2) is 76.8 Å². The second-order valence-electron chi connectivity index (χ2n) is 13.9. The molecular formula is C35H45ClN4O6S. The van der Waals surface area contributed by atoms with Crippen LogP contribution in [0.1, 0.15) is 57.6 Å². The number of nitrogens with zero attached hydrogens (tertiary/aromatic N) is 2. The first-order valence-corrected chi connectivity index (χ1v) is 18.4. The third-order valence-corrected chi connectivity index (χ3v) is 12.0. The Morgan fingerprint density at radius 1 is 1.19 bits per heavy atom. The molecule has 2 bridgehead atoms. The number of halogens is 1. The summed E-state index contributed by atoms with van der Waals surface area (Å²) in [4.78, 5) is 30.2. The molecule has 4 aliphatic rings. The normalized spacial score (nSPS) is 28.7. The number of hydrogen-bond acceptors (Lipinski definition) is 8. The van der Waals surface area contributed by atoms with Crippen LogP contribution in [0.3, 0.4) is 0 Å². The lowest BCUT2D eigenvalue weighted by Crippen LogP contribution is -2.54. The molecular weight excluding hydrogens is 640 g/mol. The van der Waals surface area contributed by atoms with Crippen molar-refractivity contribution in [2.24, 2.45) is 11.8 Å². The number of anilines is 1. The van der Waals surface area contributed by atoms with Gasteiger partial charge in [0.15, 0.2) is 0 Å². The highest BCUT2D eigenvalue weighted by molar-refractivity contribution is 7.90. The third kappa shape index (κ3) is 6.58. The molecule has 0 unspecified atom stereocenters. The zero-order valence-electron chi connectivity index (χ0n) is 27.6. The smallest absolute Gasteiger partial charge is 0.409 e. The van der Waals surface area contributed by atoms with E-state index in [1.807, 2.05) is 18.2 Å². The minimum Gasteiger partial charge on any atom is -0.490 e. The van der Waals surface area contributed by atoms with E-state index in [0.717, 1.165) is 32.1 Å². The van der Waals surface area contributed by atoms with Crippen LogP contribution in [0.2, 0.25) is 5.02 Å². The highest BCUT2D eigenvalue weighted by Crippen LogP contribution is 2.47. The number of fused-ring (bicyclic) bond motifs is 4. The van der Waals surface area contributed by atoms with Gasteiger partial charge in [0.1, 0.15) is 5.75 Å². The van der Waals surface area contributed by atoms with E-state index in [9.17, 15) is 18.0 Å². The van der Waals surface area contributed by atoms with Crippen LogP contribution in [0.5, 0.6) is 5.75 Å². The first-order chi connectivity index (χ1) is 22.3. The molecule has 10 nitrogen and oxygen atoms in total. The minimum atomic E-state index is -4.19. The Hall–Kier alpha value is -3.28. The molecule has 47 heavy (non-hydrogen) atoms. The van der Waals surface area contributed by atoms with Crippen LogP contribution in [0.15, 0.2) is 53.4 Å². The van der Waals surface area contributed by atoms with Crippen molar-refractivity contribution in [2.75, 3.05) is 44.8 Å². The summed E-state index contributed by atoms with van der Waals surface area (Å²) in [5, 5.41) is 3.86. The SMILES string of the molecule is CCOC(=O)N(C)[C@@H]1/C=C/CNC(C)(C)C(=O)NS(=O)(=O)c2ccc3c(c2)N(C[C@@H]2CC[C@H]21)C[C@@]1(CCCc2cc(Cl)ccc21)CO3. The van der Waals surface area contributed by atoms with Gasteiger partial charge in [0.25, 0.3) is 15.9 Å².